The largest absolute Gasteiger partial charge is 0.491 e. The Bertz CT molecular complexity index is 1820. The highest BCUT2D eigenvalue weighted by atomic mass is 35.5. The third-order valence-electron chi connectivity index (χ3n) is 11.0. The molecule has 2 bridgehead atoms. The van der Waals surface area contributed by atoms with Gasteiger partial charge >= 0.3 is 6.03 Å². The van der Waals surface area contributed by atoms with Crippen molar-refractivity contribution < 1.29 is 32.8 Å². The number of carbonyl (C=O) groups is 3. The number of piperidine rings is 1. The first-order chi connectivity index (χ1) is 26.0. The average molecular weight is 784 g/mol. The van der Waals surface area contributed by atoms with Crippen molar-refractivity contribution in [2.45, 2.75) is 76.5 Å². The number of aryl methyl sites for hydroxylation is 1. The van der Waals surface area contributed by atoms with Crippen LogP contribution >= 0.6 is 11.6 Å². The first kappa shape index (κ1) is 40.0. The average Bonchev–Trinajstić information content (AvgIpc) is 3.17. The molecule has 4 atom stereocenters. The summed E-state index contributed by atoms with van der Waals surface area (Å²) in [5, 5.41) is 0.706. The van der Waals surface area contributed by atoms with E-state index in [2.05, 4.69) is 32.2 Å². The molecule has 4 aliphatic rings. The van der Waals surface area contributed by atoms with Gasteiger partial charge in [0.25, 0.3) is 11.8 Å². The first-order valence-electron chi connectivity index (χ1n) is 19.2. The molecule has 6 rings (SSSR count). The van der Waals surface area contributed by atoms with Gasteiger partial charge < -0.3 is 28.9 Å². The van der Waals surface area contributed by atoms with Gasteiger partial charge in [0.05, 0.1) is 30.3 Å². The smallest absolute Gasteiger partial charge is 0.319 e. The molecular weight excluding hydrogens is 730 g/mol. The lowest BCUT2D eigenvalue weighted by atomic mass is 9.70. The van der Waals surface area contributed by atoms with Crippen molar-refractivity contribution in [1.82, 2.24) is 14.5 Å². The normalized spacial score (nSPS) is 26.1. The number of hydrogen-bond donors (Lipinski definition) is 1. The molecule has 12 nitrogen and oxygen atoms in total. The lowest BCUT2D eigenvalue weighted by Gasteiger charge is -2.43. The van der Waals surface area contributed by atoms with Gasteiger partial charge in [-0.15, -0.1) is 4.36 Å². The van der Waals surface area contributed by atoms with E-state index in [-0.39, 0.29) is 36.2 Å². The Morgan fingerprint density at radius 3 is 2.61 bits per heavy atom. The summed E-state index contributed by atoms with van der Waals surface area (Å²) in [5.41, 5.74) is 3.40. The van der Waals surface area contributed by atoms with E-state index in [0.29, 0.717) is 74.5 Å². The van der Waals surface area contributed by atoms with Crippen molar-refractivity contribution in [3.63, 3.8) is 0 Å². The molecule has 14 heteroatoms. The number of anilines is 1. The Morgan fingerprint density at radius 2 is 1.87 bits per heavy atom. The van der Waals surface area contributed by atoms with E-state index < -0.39 is 21.7 Å². The summed E-state index contributed by atoms with van der Waals surface area (Å²) < 4.78 is 39.4. The van der Waals surface area contributed by atoms with Gasteiger partial charge in [-0.05, 0) is 111 Å². The number of allylic oxidation sites excluding steroid dienone is 1. The highest BCUT2D eigenvalue weighted by Gasteiger charge is 2.38. The Morgan fingerprint density at radius 1 is 1.06 bits per heavy atom. The van der Waals surface area contributed by atoms with Gasteiger partial charge in [0.2, 0.25) is 0 Å². The van der Waals surface area contributed by atoms with Gasteiger partial charge in [0, 0.05) is 58.0 Å². The number of carbonyl (C=O) groups excluding carboxylic acids is 3. The molecule has 1 unspecified atom stereocenters. The Kier molecular flexibility index (Phi) is 13.6. The van der Waals surface area contributed by atoms with Crippen molar-refractivity contribution in [3.8, 4) is 5.75 Å². The molecule has 2 aromatic carbocycles. The minimum Gasteiger partial charge on any atom is -0.491 e. The van der Waals surface area contributed by atoms with Crippen LogP contribution in [0.25, 0.3) is 0 Å². The van der Waals surface area contributed by atoms with Crippen LogP contribution in [0.15, 0.2) is 52.9 Å². The second kappa shape index (κ2) is 18.3. The molecule has 1 N–H and O–H groups in total. The van der Waals surface area contributed by atoms with Crippen LogP contribution in [0.3, 0.4) is 0 Å². The molecule has 1 saturated carbocycles. The quantitative estimate of drug-likeness (QED) is 0.353. The fraction of sp³-hybridized carbons (Fsp3) is 0.575. The zero-order valence-electron chi connectivity index (χ0n) is 31.7. The molecule has 0 aromatic heterocycles. The molecular formula is C40H54ClN5O7S. The first-order valence-corrected chi connectivity index (χ1v) is 21.2. The summed E-state index contributed by atoms with van der Waals surface area (Å²) in [7, 11) is 1.66. The van der Waals surface area contributed by atoms with Crippen LogP contribution < -0.4 is 14.4 Å². The van der Waals surface area contributed by atoms with E-state index in [1.165, 1.54) is 16.0 Å². The van der Waals surface area contributed by atoms with Crippen LogP contribution in [0.5, 0.6) is 5.75 Å². The predicted octanol–water partition coefficient (Wildman–Crippen LogP) is 6.25. The Hall–Kier alpha value is -3.65. The summed E-state index contributed by atoms with van der Waals surface area (Å²) in [6, 6.07) is 11.3. The number of benzene rings is 2. The van der Waals surface area contributed by atoms with Crippen LogP contribution in [0.2, 0.25) is 5.02 Å². The van der Waals surface area contributed by atoms with E-state index >= 15 is 0 Å². The van der Waals surface area contributed by atoms with E-state index in [4.69, 9.17) is 25.8 Å². The zero-order valence-corrected chi connectivity index (χ0v) is 33.2. The molecule has 3 aliphatic heterocycles. The molecule has 1 saturated heterocycles. The summed E-state index contributed by atoms with van der Waals surface area (Å²) in [6.07, 6.45) is 10.8. The SMILES string of the molecule is CO[C@H]1/C=C/CCCS(=O)(NC(=O)COC2CCN(C(=O)N(C)C)CC2)=NC(=O)c2ccc3c(c2)N(Cc2ccc(Cl)cc2CCCCO3)C[C@@H]2CC[C@H]21. The van der Waals surface area contributed by atoms with Gasteiger partial charge in [-0.1, -0.05) is 29.8 Å². The Labute approximate surface area is 324 Å². The van der Waals surface area contributed by atoms with Crippen molar-refractivity contribution in [3.05, 3.63) is 70.3 Å². The summed E-state index contributed by atoms with van der Waals surface area (Å²) in [4.78, 5) is 45.0. The van der Waals surface area contributed by atoms with Crippen LogP contribution in [0, 0.1) is 11.8 Å². The van der Waals surface area contributed by atoms with Crippen molar-refractivity contribution in [2.75, 3.05) is 64.7 Å². The molecule has 2 fully saturated rings. The molecule has 3 heterocycles. The van der Waals surface area contributed by atoms with Crippen molar-refractivity contribution in [1.29, 1.82) is 0 Å². The van der Waals surface area contributed by atoms with Gasteiger partial charge in [-0.2, -0.15) is 0 Å². The van der Waals surface area contributed by atoms with Crippen LogP contribution in [-0.4, -0.2) is 104 Å². The van der Waals surface area contributed by atoms with Gasteiger partial charge in [-0.3, -0.25) is 14.3 Å². The van der Waals surface area contributed by atoms with Gasteiger partial charge in [0.15, 0.2) is 0 Å². The van der Waals surface area contributed by atoms with Crippen LogP contribution in [-0.2, 0) is 37.1 Å². The molecule has 294 valence electrons. The number of rotatable bonds is 5. The third-order valence-corrected chi connectivity index (χ3v) is 13.1. The van der Waals surface area contributed by atoms with E-state index in [9.17, 15) is 18.6 Å². The minimum atomic E-state index is -3.52. The summed E-state index contributed by atoms with van der Waals surface area (Å²) in [5.74, 6) is 0.0520. The highest BCUT2D eigenvalue weighted by molar-refractivity contribution is 7.92. The second-order valence-corrected chi connectivity index (χ2v) is 17.5. The maximum absolute atomic E-state index is 14.4. The number of urea groups is 1. The molecule has 4 amide bonds. The number of nitrogens with one attached hydrogen (secondary N) is 1. The maximum atomic E-state index is 14.4. The lowest BCUT2D eigenvalue weighted by molar-refractivity contribution is -0.126. The fourth-order valence-electron chi connectivity index (χ4n) is 7.82. The Balaban J connectivity index is 1.28. The number of ether oxygens (including phenoxy) is 3. The van der Waals surface area contributed by atoms with Crippen LogP contribution in [0.4, 0.5) is 10.5 Å². The number of likely N-dealkylation sites (tertiary alicyclic amines) is 1. The third kappa shape index (κ3) is 10.1. The van der Waals surface area contributed by atoms with E-state index in [0.717, 1.165) is 44.3 Å². The maximum Gasteiger partial charge on any atom is 0.319 e. The zero-order chi connectivity index (χ0) is 38.2. The van der Waals surface area contributed by atoms with E-state index in [1.807, 2.05) is 12.1 Å². The molecule has 0 spiro atoms. The molecule has 0 radical (unpaired) electrons. The number of methoxy groups -OCH3 is 1. The van der Waals surface area contributed by atoms with E-state index in [1.54, 1.807) is 44.3 Å². The van der Waals surface area contributed by atoms with Gasteiger partial charge in [-0.25, -0.2) is 9.00 Å². The highest BCUT2D eigenvalue weighted by Crippen LogP contribution is 2.42. The predicted molar refractivity (Wildman–Crippen MR) is 210 cm³/mol. The summed E-state index contributed by atoms with van der Waals surface area (Å²) in [6.45, 7) is 2.55. The van der Waals surface area contributed by atoms with Gasteiger partial charge in [0.1, 0.15) is 22.3 Å². The number of fused-ring (bicyclic) bond motifs is 3. The topological polar surface area (TPSA) is 130 Å². The second-order valence-electron chi connectivity index (χ2n) is 15.0. The minimum absolute atomic E-state index is 0.0108. The standard InChI is InChI=1S/C40H54ClN5O7S/c1-44(2)40(49)45-19-17-33(18-20-45)53-27-38(47)42-54(50)22-8-4-5-10-36(51-3)34-15-12-31(34)26-46-25-30-11-14-32(41)23-28(30)9-6-7-21-52-37-16-13-29(24-35(37)46)39(48)43-54/h5,10-11,13-14,16,23-24,31,33-34,36H,4,6-9,12,15,17-22,25-27H2,1-3H3,(H,42,43,47,48,50)/b10-5+/t31-,34+,36-,54?/m0/s1. The van der Waals surface area contributed by atoms with Crippen LogP contribution in [0.1, 0.15) is 72.9 Å². The van der Waals surface area contributed by atoms with Crippen molar-refractivity contribution in [2.24, 2.45) is 16.2 Å². The molecule has 2 aromatic rings. The lowest BCUT2D eigenvalue weighted by Crippen LogP contribution is -2.46. The van der Waals surface area contributed by atoms with Crippen molar-refractivity contribution >= 4 is 45.0 Å². The summed E-state index contributed by atoms with van der Waals surface area (Å²) >= 11 is 6.47. The number of halogens is 1. The number of hydrogen-bond acceptors (Lipinski definition) is 8. The number of amides is 4. The number of nitrogens with zero attached hydrogens (tertiary/aromatic N) is 4. The molecule has 54 heavy (non-hydrogen) atoms. The fourth-order valence-corrected chi connectivity index (χ4v) is 9.60. The molecule has 1 aliphatic carbocycles. The monoisotopic (exact) mass is 783 g/mol.